The molecule has 0 fully saturated rings. The zero-order valence-corrected chi connectivity index (χ0v) is 16.1. The van der Waals surface area contributed by atoms with Gasteiger partial charge in [-0.3, -0.25) is 10.1 Å². The SMILES string of the molecule is Cc1ccccc1C(=O)NC(=O)Nc1ccc(OCc2cccs2)c(Cl)c1. The lowest BCUT2D eigenvalue weighted by Crippen LogP contribution is -2.34. The maximum Gasteiger partial charge on any atom is 0.326 e. The first-order valence-corrected chi connectivity index (χ1v) is 9.41. The van der Waals surface area contributed by atoms with Crippen molar-refractivity contribution in [3.8, 4) is 5.75 Å². The Kier molecular flexibility index (Phi) is 6.11. The Bertz CT molecular complexity index is 958. The van der Waals surface area contributed by atoms with E-state index in [4.69, 9.17) is 16.3 Å². The van der Waals surface area contributed by atoms with Crippen molar-refractivity contribution in [3.05, 3.63) is 81.0 Å². The number of imide groups is 1. The van der Waals surface area contributed by atoms with E-state index in [0.717, 1.165) is 10.4 Å². The topological polar surface area (TPSA) is 67.4 Å². The van der Waals surface area contributed by atoms with Gasteiger partial charge < -0.3 is 10.1 Å². The molecule has 3 rings (SSSR count). The van der Waals surface area contributed by atoms with Gasteiger partial charge in [0.05, 0.1) is 5.02 Å². The van der Waals surface area contributed by atoms with Crippen LogP contribution in [-0.2, 0) is 6.61 Å². The molecular formula is C20H17ClN2O3S. The number of carbonyl (C=O) groups excluding carboxylic acids is 2. The van der Waals surface area contributed by atoms with Crippen LogP contribution in [0.2, 0.25) is 5.02 Å². The number of thiophene rings is 1. The van der Waals surface area contributed by atoms with Gasteiger partial charge in [0.2, 0.25) is 0 Å². The third kappa shape index (κ3) is 5.09. The van der Waals surface area contributed by atoms with Crippen molar-refractivity contribution in [2.24, 2.45) is 0 Å². The Morgan fingerprint density at radius 2 is 1.93 bits per heavy atom. The number of hydrogen-bond donors (Lipinski definition) is 2. The smallest absolute Gasteiger partial charge is 0.326 e. The van der Waals surface area contributed by atoms with Gasteiger partial charge in [-0.1, -0.05) is 35.9 Å². The number of carbonyl (C=O) groups is 2. The Morgan fingerprint density at radius 3 is 2.63 bits per heavy atom. The highest BCUT2D eigenvalue weighted by Crippen LogP contribution is 2.28. The van der Waals surface area contributed by atoms with Gasteiger partial charge in [0.15, 0.2) is 0 Å². The van der Waals surface area contributed by atoms with Gasteiger partial charge in [-0.2, -0.15) is 0 Å². The number of benzene rings is 2. The second-order valence-electron chi connectivity index (χ2n) is 5.74. The number of nitrogens with one attached hydrogen (secondary N) is 2. The fraction of sp³-hybridized carbons (Fsp3) is 0.100. The third-order valence-electron chi connectivity index (χ3n) is 3.76. The molecule has 138 valence electrons. The first kappa shape index (κ1) is 18.9. The van der Waals surface area contributed by atoms with Gasteiger partial charge in [0, 0.05) is 16.1 Å². The first-order chi connectivity index (χ1) is 13.0. The summed E-state index contributed by atoms with van der Waals surface area (Å²) in [5.74, 6) is 0.0552. The van der Waals surface area contributed by atoms with Gasteiger partial charge in [-0.25, -0.2) is 4.79 Å². The number of ether oxygens (including phenoxy) is 1. The summed E-state index contributed by atoms with van der Waals surface area (Å²) in [5, 5.41) is 7.24. The maximum atomic E-state index is 12.2. The van der Waals surface area contributed by atoms with E-state index in [0.29, 0.717) is 28.6 Å². The number of anilines is 1. The normalized spacial score (nSPS) is 10.3. The van der Waals surface area contributed by atoms with E-state index in [9.17, 15) is 9.59 Å². The van der Waals surface area contributed by atoms with Crippen LogP contribution in [0.5, 0.6) is 5.75 Å². The van der Waals surface area contributed by atoms with Crippen molar-refractivity contribution in [2.45, 2.75) is 13.5 Å². The molecular weight excluding hydrogens is 384 g/mol. The highest BCUT2D eigenvalue weighted by Gasteiger charge is 2.13. The van der Waals surface area contributed by atoms with Gasteiger partial charge in [0.1, 0.15) is 12.4 Å². The minimum atomic E-state index is -0.633. The summed E-state index contributed by atoms with van der Waals surface area (Å²) in [4.78, 5) is 25.3. The molecule has 0 saturated carbocycles. The molecule has 0 radical (unpaired) electrons. The monoisotopic (exact) mass is 400 g/mol. The highest BCUT2D eigenvalue weighted by atomic mass is 35.5. The fourth-order valence-corrected chi connectivity index (χ4v) is 3.25. The minimum Gasteiger partial charge on any atom is -0.487 e. The largest absolute Gasteiger partial charge is 0.487 e. The van der Waals surface area contributed by atoms with Gasteiger partial charge in [-0.15, -0.1) is 11.3 Å². The molecule has 0 spiro atoms. The molecule has 0 aliphatic heterocycles. The summed E-state index contributed by atoms with van der Waals surface area (Å²) in [6.07, 6.45) is 0. The summed E-state index contributed by atoms with van der Waals surface area (Å²) in [7, 11) is 0. The van der Waals surface area contributed by atoms with Crippen LogP contribution in [0.15, 0.2) is 60.0 Å². The van der Waals surface area contributed by atoms with Crippen LogP contribution in [-0.4, -0.2) is 11.9 Å². The molecule has 1 heterocycles. The summed E-state index contributed by atoms with van der Waals surface area (Å²) in [5.41, 5.74) is 1.69. The van der Waals surface area contributed by atoms with Crippen molar-refractivity contribution in [1.82, 2.24) is 5.32 Å². The standard InChI is InChI=1S/C20H17ClN2O3S/c1-13-5-2-3-7-16(13)19(24)23-20(25)22-14-8-9-18(17(21)11-14)26-12-15-6-4-10-27-15/h2-11H,12H2,1H3,(H2,22,23,24,25). The van der Waals surface area contributed by atoms with Crippen LogP contribution in [0.25, 0.3) is 0 Å². The summed E-state index contributed by atoms with van der Waals surface area (Å²) < 4.78 is 5.67. The zero-order chi connectivity index (χ0) is 19.2. The van der Waals surface area contributed by atoms with Crippen molar-refractivity contribution in [1.29, 1.82) is 0 Å². The maximum absolute atomic E-state index is 12.2. The summed E-state index contributed by atoms with van der Waals surface area (Å²) in [6.45, 7) is 2.23. The average Bonchev–Trinajstić information content (AvgIpc) is 3.14. The van der Waals surface area contributed by atoms with Crippen molar-refractivity contribution >= 4 is 40.6 Å². The quantitative estimate of drug-likeness (QED) is 0.614. The molecule has 27 heavy (non-hydrogen) atoms. The number of rotatable bonds is 5. The Balaban J connectivity index is 1.58. The Morgan fingerprint density at radius 1 is 1.11 bits per heavy atom. The number of aryl methyl sites for hydroxylation is 1. The van der Waals surface area contributed by atoms with Crippen molar-refractivity contribution in [3.63, 3.8) is 0 Å². The number of urea groups is 1. The summed E-state index contributed by atoms with van der Waals surface area (Å²) >= 11 is 7.81. The molecule has 0 aliphatic carbocycles. The van der Waals surface area contributed by atoms with Gasteiger partial charge in [-0.05, 0) is 48.2 Å². The molecule has 0 bridgehead atoms. The van der Waals surface area contributed by atoms with Crippen molar-refractivity contribution < 1.29 is 14.3 Å². The average molecular weight is 401 g/mol. The Hall–Kier alpha value is -2.83. The van der Waals surface area contributed by atoms with Crippen LogP contribution in [0.1, 0.15) is 20.8 Å². The molecule has 2 aromatic carbocycles. The van der Waals surface area contributed by atoms with E-state index in [1.54, 1.807) is 41.7 Å². The molecule has 3 amide bonds. The van der Waals surface area contributed by atoms with Crippen LogP contribution in [0.3, 0.4) is 0 Å². The molecule has 0 saturated heterocycles. The zero-order valence-electron chi connectivity index (χ0n) is 14.5. The molecule has 2 N–H and O–H groups in total. The second-order valence-corrected chi connectivity index (χ2v) is 7.18. The van der Waals surface area contributed by atoms with Crippen LogP contribution in [0.4, 0.5) is 10.5 Å². The lowest BCUT2D eigenvalue weighted by atomic mass is 10.1. The van der Waals surface area contributed by atoms with Gasteiger partial charge in [0.25, 0.3) is 5.91 Å². The van der Waals surface area contributed by atoms with Crippen LogP contribution in [0, 0.1) is 6.92 Å². The molecule has 0 atom stereocenters. The minimum absolute atomic E-state index is 0.370. The predicted octanol–water partition coefficient (Wildman–Crippen LogP) is 5.25. The van der Waals surface area contributed by atoms with E-state index in [1.165, 1.54) is 0 Å². The second kappa shape index (κ2) is 8.70. The number of amides is 3. The van der Waals surface area contributed by atoms with E-state index in [-0.39, 0.29) is 0 Å². The molecule has 3 aromatic rings. The van der Waals surface area contributed by atoms with Crippen LogP contribution >= 0.6 is 22.9 Å². The number of hydrogen-bond acceptors (Lipinski definition) is 4. The predicted molar refractivity (Wildman–Crippen MR) is 108 cm³/mol. The third-order valence-corrected chi connectivity index (χ3v) is 4.90. The molecule has 7 heteroatoms. The van der Waals surface area contributed by atoms with E-state index >= 15 is 0 Å². The molecule has 5 nitrogen and oxygen atoms in total. The first-order valence-electron chi connectivity index (χ1n) is 8.15. The Labute approximate surface area is 165 Å². The van der Waals surface area contributed by atoms with Gasteiger partial charge >= 0.3 is 6.03 Å². The fourth-order valence-electron chi connectivity index (χ4n) is 2.40. The highest BCUT2D eigenvalue weighted by molar-refractivity contribution is 7.09. The van der Waals surface area contributed by atoms with E-state index in [1.807, 2.05) is 36.6 Å². The molecule has 0 unspecified atom stereocenters. The van der Waals surface area contributed by atoms with Crippen molar-refractivity contribution in [2.75, 3.05) is 5.32 Å². The molecule has 0 aliphatic rings. The van der Waals surface area contributed by atoms with E-state index < -0.39 is 11.9 Å². The lowest BCUT2D eigenvalue weighted by molar-refractivity contribution is 0.0966. The number of halogens is 1. The van der Waals surface area contributed by atoms with E-state index in [2.05, 4.69) is 10.6 Å². The molecule has 1 aromatic heterocycles. The lowest BCUT2D eigenvalue weighted by Gasteiger charge is -2.11. The van der Waals surface area contributed by atoms with Crippen LogP contribution < -0.4 is 15.4 Å². The summed E-state index contributed by atoms with van der Waals surface area (Å²) in [6, 6.07) is 15.2.